The quantitative estimate of drug-likeness (QED) is 0.348. The van der Waals surface area contributed by atoms with Crippen LogP contribution in [0.4, 0.5) is 5.69 Å². The molecule has 13 heteroatoms. The number of hydroxylamine groups is 1. The summed E-state index contributed by atoms with van der Waals surface area (Å²) in [4.78, 5) is 45.9. The van der Waals surface area contributed by atoms with E-state index in [1.54, 1.807) is 35.7 Å². The van der Waals surface area contributed by atoms with Gasteiger partial charge in [-0.15, -0.1) is 11.3 Å². The van der Waals surface area contributed by atoms with Crippen LogP contribution in [0.5, 0.6) is 0 Å². The Kier molecular flexibility index (Phi) is 11.3. The predicted octanol–water partition coefficient (Wildman–Crippen LogP) is 3.07. The van der Waals surface area contributed by atoms with Crippen molar-refractivity contribution in [3.05, 3.63) is 52.7 Å². The molecule has 0 saturated carbocycles. The lowest BCUT2D eigenvalue weighted by atomic mass is 10.1. The highest BCUT2D eigenvalue weighted by molar-refractivity contribution is 7.92. The molecule has 0 bridgehead atoms. The molecule has 2 N–H and O–H groups in total. The summed E-state index contributed by atoms with van der Waals surface area (Å²) < 4.78 is 32.6. The molecular weight excluding hydrogens is 544 g/mol. The zero-order valence-electron chi connectivity index (χ0n) is 22.4. The maximum atomic E-state index is 13.7. The van der Waals surface area contributed by atoms with Gasteiger partial charge in [0.05, 0.1) is 16.8 Å². The van der Waals surface area contributed by atoms with Crippen molar-refractivity contribution in [3.8, 4) is 0 Å². The number of carbonyl (C=O) groups is 3. The zero-order chi connectivity index (χ0) is 28.4. The Morgan fingerprint density at radius 1 is 1.13 bits per heavy atom. The number of nitrogens with zero attached hydrogens (tertiary/aromatic N) is 2. The first kappa shape index (κ1) is 30.5. The number of rotatable bonds is 13. The van der Waals surface area contributed by atoms with E-state index in [0.29, 0.717) is 24.3 Å². The van der Waals surface area contributed by atoms with E-state index in [2.05, 4.69) is 10.8 Å². The number of sulfonamides is 1. The third kappa shape index (κ3) is 9.02. The summed E-state index contributed by atoms with van der Waals surface area (Å²) in [5, 5.41) is 5.31. The van der Waals surface area contributed by atoms with Gasteiger partial charge in [0, 0.05) is 26.0 Å². The van der Waals surface area contributed by atoms with Gasteiger partial charge < -0.3 is 10.1 Å². The monoisotopic (exact) mass is 580 g/mol. The summed E-state index contributed by atoms with van der Waals surface area (Å²) in [6.07, 6.45) is 3.02. The highest BCUT2D eigenvalue weighted by atomic mass is 32.2. The van der Waals surface area contributed by atoms with Gasteiger partial charge >= 0.3 is 0 Å². The molecule has 11 nitrogen and oxygen atoms in total. The molecule has 0 spiro atoms. The van der Waals surface area contributed by atoms with Crippen LogP contribution in [0.2, 0.25) is 0 Å². The number of carbonyl (C=O) groups excluding carboxylic acids is 3. The summed E-state index contributed by atoms with van der Waals surface area (Å²) in [5.41, 5.74) is 2.50. The number of hydrogen-bond acceptors (Lipinski definition) is 8. The second-order valence-electron chi connectivity index (χ2n) is 9.60. The van der Waals surface area contributed by atoms with Crippen LogP contribution in [0.25, 0.3) is 0 Å². The van der Waals surface area contributed by atoms with E-state index in [-0.39, 0.29) is 24.6 Å². The Morgan fingerprint density at radius 2 is 1.87 bits per heavy atom. The molecule has 0 unspecified atom stereocenters. The fraction of sp³-hybridized carbons (Fsp3) is 0.500. The van der Waals surface area contributed by atoms with Crippen molar-refractivity contribution >= 4 is 44.8 Å². The largest absolute Gasteiger partial charge is 0.350 e. The summed E-state index contributed by atoms with van der Waals surface area (Å²) in [5.74, 6) is -1.72. The van der Waals surface area contributed by atoms with Crippen LogP contribution in [0.3, 0.4) is 0 Å². The Morgan fingerprint density at radius 3 is 2.46 bits per heavy atom. The third-order valence-electron chi connectivity index (χ3n) is 5.91. The van der Waals surface area contributed by atoms with E-state index in [9.17, 15) is 22.8 Å². The maximum Gasteiger partial charge on any atom is 0.270 e. The smallest absolute Gasteiger partial charge is 0.270 e. The maximum absolute atomic E-state index is 13.7. The zero-order valence-corrected chi connectivity index (χ0v) is 24.0. The first-order chi connectivity index (χ1) is 18.6. The molecule has 1 aromatic heterocycles. The average molecular weight is 581 g/mol. The van der Waals surface area contributed by atoms with Crippen molar-refractivity contribution in [2.75, 3.05) is 23.8 Å². The van der Waals surface area contributed by atoms with Crippen molar-refractivity contribution in [2.24, 2.45) is 5.92 Å². The van der Waals surface area contributed by atoms with Crippen LogP contribution in [0, 0.1) is 5.92 Å². The van der Waals surface area contributed by atoms with Crippen molar-refractivity contribution in [1.29, 1.82) is 0 Å². The summed E-state index contributed by atoms with van der Waals surface area (Å²) >= 11 is 1.21. The summed E-state index contributed by atoms with van der Waals surface area (Å²) in [6, 6.07) is 9.87. The van der Waals surface area contributed by atoms with E-state index in [1.165, 1.54) is 23.5 Å². The standard InChI is InChI=1S/C26H36N4O7S2/c1-19(2)14-15-23(31)29(30(39(3,34)35)20-10-5-4-6-11-20)21(18-27-26(33)22-12-9-17-38-22)25(32)28-37-24-13-7-8-16-36-24/h4-6,9-12,17,19,21,24H,7-8,13-16,18H2,1-3H3,(H,27,33)(H,28,32)/t21-,24-/m1/s1. The highest BCUT2D eigenvalue weighted by Gasteiger charge is 2.39. The number of benzene rings is 1. The van der Waals surface area contributed by atoms with Crippen LogP contribution in [-0.2, 0) is 29.2 Å². The molecular formula is C26H36N4O7S2. The predicted molar refractivity (Wildman–Crippen MR) is 148 cm³/mol. The van der Waals surface area contributed by atoms with Crippen LogP contribution >= 0.6 is 11.3 Å². The van der Waals surface area contributed by atoms with Crippen molar-refractivity contribution < 1.29 is 32.4 Å². The molecule has 1 aromatic carbocycles. The van der Waals surface area contributed by atoms with Gasteiger partial charge in [-0.2, -0.15) is 4.41 Å². The number of hydrazine groups is 1. The minimum atomic E-state index is -4.11. The normalized spacial score (nSPS) is 16.4. The summed E-state index contributed by atoms with van der Waals surface area (Å²) in [6.45, 7) is 3.99. The lowest BCUT2D eigenvalue weighted by Gasteiger charge is -2.39. The van der Waals surface area contributed by atoms with Gasteiger partial charge in [0.15, 0.2) is 12.3 Å². The molecule has 1 saturated heterocycles. The van der Waals surface area contributed by atoms with Gasteiger partial charge in [0.1, 0.15) is 0 Å². The number of amides is 3. The Bertz CT molecular complexity index is 1180. The van der Waals surface area contributed by atoms with E-state index in [1.807, 2.05) is 13.8 Å². The van der Waals surface area contributed by atoms with Gasteiger partial charge in [0.2, 0.25) is 15.9 Å². The van der Waals surface area contributed by atoms with Crippen molar-refractivity contribution in [2.45, 2.75) is 58.3 Å². The van der Waals surface area contributed by atoms with E-state index >= 15 is 0 Å². The van der Waals surface area contributed by atoms with Crippen LogP contribution in [-0.4, -0.2) is 62.9 Å². The average Bonchev–Trinajstić information content (AvgIpc) is 3.45. The first-order valence-electron chi connectivity index (χ1n) is 12.8. The minimum Gasteiger partial charge on any atom is -0.350 e. The third-order valence-corrected chi connectivity index (χ3v) is 7.79. The lowest BCUT2D eigenvalue weighted by molar-refractivity contribution is -0.202. The molecule has 0 radical (unpaired) electrons. The molecule has 214 valence electrons. The molecule has 2 heterocycles. The van der Waals surface area contributed by atoms with E-state index < -0.39 is 40.1 Å². The molecule has 39 heavy (non-hydrogen) atoms. The number of anilines is 1. The first-order valence-corrected chi connectivity index (χ1v) is 15.6. The van der Waals surface area contributed by atoms with E-state index in [0.717, 1.165) is 28.5 Å². The number of ether oxygens (including phenoxy) is 1. The molecule has 1 aliphatic rings. The highest BCUT2D eigenvalue weighted by Crippen LogP contribution is 2.24. The van der Waals surface area contributed by atoms with Crippen molar-refractivity contribution in [3.63, 3.8) is 0 Å². The van der Waals surface area contributed by atoms with Crippen LogP contribution in [0.15, 0.2) is 47.8 Å². The Balaban J connectivity index is 1.99. The van der Waals surface area contributed by atoms with Crippen molar-refractivity contribution in [1.82, 2.24) is 15.8 Å². The Hall–Kier alpha value is -3.00. The number of nitrogens with one attached hydrogen (secondary N) is 2. The number of thiophene rings is 1. The van der Waals surface area contributed by atoms with Gasteiger partial charge in [-0.3, -0.25) is 14.4 Å². The minimum absolute atomic E-state index is 0.0221. The molecule has 3 amide bonds. The van der Waals surface area contributed by atoms with Gasteiger partial charge in [0.25, 0.3) is 11.8 Å². The van der Waals surface area contributed by atoms with E-state index in [4.69, 9.17) is 9.57 Å². The molecule has 1 aliphatic heterocycles. The second kappa shape index (κ2) is 14.4. The molecule has 1 fully saturated rings. The fourth-order valence-electron chi connectivity index (χ4n) is 3.93. The molecule has 3 rings (SSSR count). The molecule has 2 atom stereocenters. The van der Waals surface area contributed by atoms with Crippen LogP contribution < -0.4 is 15.2 Å². The summed E-state index contributed by atoms with van der Waals surface area (Å²) in [7, 11) is -4.11. The number of para-hydroxylation sites is 1. The topological polar surface area (TPSA) is 134 Å². The fourth-order valence-corrected chi connectivity index (χ4v) is 5.60. The van der Waals surface area contributed by atoms with Gasteiger partial charge in [-0.05, 0) is 48.8 Å². The van der Waals surface area contributed by atoms with Crippen LogP contribution in [0.1, 0.15) is 55.6 Å². The molecule has 2 aromatic rings. The molecule has 0 aliphatic carbocycles. The number of hydrogen-bond donors (Lipinski definition) is 2. The second-order valence-corrected chi connectivity index (χ2v) is 12.4. The SMILES string of the molecule is CC(C)CCC(=O)N([C@H](CNC(=O)c1cccs1)C(=O)NO[C@@H]1CCCCO1)N(c1ccccc1)S(C)(=O)=O. The van der Waals surface area contributed by atoms with Gasteiger partial charge in [-0.25, -0.2) is 23.7 Å². The van der Waals surface area contributed by atoms with Gasteiger partial charge in [-0.1, -0.05) is 38.1 Å². The Labute approximate surface area is 233 Å². The lowest BCUT2D eigenvalue weighted by Crippen LogP contribution is -2.62.